The lowest BCUT2D eigenvalue weighted by Crippen LogP contribution is -2.46. The lowest BCUT2D eigenvalue weighted by Gasteiger charge is -2.36. The maximum absolute atomic E-state index is 13.0. The summed E-state index contributed by atoms with van der Waals surface area (Å²) < 4.78 is 40.7. The van der Waals surface area contributed by atoms with E-state index in [0.717, 1.165) is 49.0 Å². The highest BCUT2D eigenvalue weighted by Crippen LogP contribution is 2.30. The minimum absolute atomic E-state index is 0.0301. The Bertz CT molecular complexity index is 1310. The van der Waals surface area contributed by atoms with Gasteiger partial charge in [0.1, 0.15) is 6.54 Å². The van der Waals surface area contributed by atoms with Gasteiger partial charge in [-0.1, -0.05) is 6.07 Å². The fourth-order valence-corrected chi connectivity index (χ4v) is 5.31. The van der Waals surface area contributed by atoms with E-state index in [1.165, 1.54) is 38.1 Å². The number of nitrogens with zero attached hydrogens (tertiary/aromatic N) is 4. The van der Waals surface area contributed by atoms with Gasteiger partial charge >= 0.3 is 6.18 Å². The number of piperidine rings is 1. The Morgan fingerprint density at radius 1 is 1.05 bits per heavy atom. The quantitative estimate of drug-likeness (QED) is 0.537. The molecule has 5 rings (SSSR count). The van der Waals surface area contributed by atoms with Crippen LogP contribution in [0.5, 0.6) is 0 Å². The van der Waals surface area contributed by atoms with E-state index in [4.69, 9.17) is 0 Å². The molecule has 0 radical (unpaired) electrons. The second-order valence-corrected chi connectivity index (χ2v) is 9.94. The Hall–Kier alpha value is -3.40. The van der Waals surface area contributed by atoms with Crippen molar-refractivity contribution in [2.45, 2.75) is 51.4 Å². The van der Waals surface area contributed by atoms with Crippen LogP contribution in [0.1, 0.15) is 47.2 Å². The lowest BCUT2D eigenvalue weighted by molar-refractivity contribution is -0.137. The Balaban J connectivity index is 1.24. The number of anilines is 1. The number of likely N-dealkylation sites (tertiary alicyclic amines) is 2. The van der Waals surface area contributed by atoms with E-state index in [0.29, 0.717) is 17.2 Å². The molecule has 0 saturated carbocycles. The number of carbonyl (C=O) groups excluding carboxylic acids is 2. The normalized spacial score (nSPS) is 17.5. The van der Waals surface area contributed by atoms with Crippen LogP contribution in [0.4, 0.5) is 18.9 Å². The number of alkyl halides is 3. The summed E-state index contributed by atoms with van der Waals surface area (Å²) in [6.07, 6.45) is 1.81. The highest BCUT2D eigenvalue weighted by atomic mass is 19.4. The molecule has 10 heteroatoms. The van der Waals surface area contributed by atoms with Gasteiger partial charge in [0.05, 0.1) is 11.1 Å². The molecule has 196 valence electrons. The van der Waals surface area contributed by atoms with E-state index < -0.39 is 17.6 Å². The molecule has 2 aliphatic heterocycles. The highest BCUT2D eigenvalue weighted by molar-refractivity contribution is 6.05. The lowest BCUT2D eigenvalue weighted by atomic mass is 10.0. The Kier molecular flexibility index (Phi) is 6.94. The maximum Gasteiger partial charge on any atom is 0.416 e. The van der Waals surface area contributed by atoms with E-state index in [-0.39, 0.29) is 18.0 Å². The molecule has 2 aromatic carbocycles. The number of benzene rings is 2. The molecule has 0 spiro atoms. The molecule has 0 atom stereocenters. The van der Waals surface area contributed by atoms with Gasteiger partial charge in [-0.2, -0.15) is 18.3 Å². The van der Waals surface area contributed by atoms with E-state index in [1.54, 1.807) is 23.9 Å². The van der Waals surface area contributed by atoms with Crippen LogP contribution >= 0.6 is 0 Å². The standard InChI is InChI=1S/C27H30F3N5O2/c1-18-13-20-16-35(17-25(36)34-11-7-22(8-12-34)33-9-2-3-10-33)32-24(20)15-23(18)31-26(37)19-5-4-6-21(14-19)27(28,29)30/h4-6,13-16,22H,2-3,7-12,17H2,1H3,(H,31,37). The van der Waals surface area contributed by atoms with Gasteiger partial charge in [-0.05, 0) is 81.6 Å². The zero-order chi connectivity index (χ0) is 26.2. The van der Waals surface area contributed by atoms with E-state index in [2.05, 4.69) is 15.3 Å². The molecule has 3 heterocycles. The minimum Gasteiger partial charge on any atom is -0.341 e. The molecule has 2 fully saturated rings. The summed E-state index contributed by atoms with van der Waals surface area (Å²) in [6.45, 7) is 5.78. The molecule has 2 aliphatic rings. The second kappa shape index (κ2) is 10.2. The molecular weight excluding hydrogens is 483 g/mol. The molecule has 0 aliphatic carbocycles. The fraction of sp³-hybridized carbons (Fsp3) is 0.444. The van der Waals surface area contributed by atoms with Crippen LogP contribution in [0, 0.1) is 6.92 Å². The number of aromatic nitrogens is 2. The van der Waals surface area contributed by atoms with Gasteiger partial charge in [-0.25, -0.2) is 0 Å². The molecular formula is C27H30F3N5O2. The topological polar surface area (TPSA) is 70.5 Å². The maximum atomic E-state index is 13.0. The number of fused-ring (bicyclic) bond motifs is 1. The summed E-state index contributed by atoms with van der Waals surface area (Å²) >= 11 is 0. The van der Waals surface area contributed by atoms with Crippen LogP contribution < -0.4 is 5.32 Å². The highest BCUT2D eigenvalue weighted by Gasteiger charge is 2.31. The van der Waals surface area contributed by atoms with E-state index >= 15 is 0 Å². The van der Waals surface area contributed by atoms with E-state index in [1.807, 2.05) is 11.0 Å². The van der Waals surface area contributed by atoms with Crippen molar-refractivity contribution >= 4 is 28.4 Å². The first-order valence-corrected chi connectivity index (χ1v) is 12.7. The molecule has 37 heavy (non-hydrogen) atoms. The van der Waals surface area contributed by atoms with Crippen molar-refractivity contribution in [3.63, 3.8) is 0 Å². The van der Waals surface area contributed by atoms with Gasteiger partial charge in [0.25, 0.3) is 5.91 Å². The Morgan fingerprint density at radius 2 is 1.78 bits per heavy atom. The van der Waals surface area contributed by atoms with Crippen LogP contribution in [0.15, 0.2) is 42.6 Å². The fourth-order valence-electron chi connectivity index (χ4n) is 5.31. The number of hydrogen-bond donors (Lipinski definition) is 1. The van der Waals surface area contributed by atoms with Crippen molar-refractivity contribution in [1.29, 1.82) is 0 Å². The van der Waals surface area contributed by atoms with Crippen molar-refractivity contribution in [2.24, 2.45) is 0 Å². The van der Waals surface area contributed by atoms with Crippen LogP contribution in [-0.2, 0) is 17.5 Å². The van der Waals surface area contributed by atoms with Gasteiger partial charge in [0, 0.05) is 42.0 Å². The third-order valence-corrected chi connectivity index (χ3v) is 7.37. The van der Waals surface area contributed by atoms with Gasteiger partial charge in [0.2, 0.25) is 5.91 Å². The molecule has 7 nitrogen and oxygen atoms in total. The first-order valence-electron chi connectivity index (χ1n) is 12.7. The molecule has 0 unspecified atom stereocenters. The van der Waals surface area contributed by atoms with Crippen LogP contribution in [0.3, 0.4) is 0 Å². The van der Waals surface area contributed by atoms with Crippen molar-refractivity contribution in [2.75, 3.05) is 31.5 Å². The number of hydrogen-bond acceptors (Lipinski definition) is 4. The van der Waals surface area contributed by atoms with Gasteiger partial charge in [-0.15, -0.1) is 0 Å². The second-order valence-electron chi connectivity index (χ2n) is 9.94. The minimum atomic E-state index is -4.53. The van der Waals surface area contributed by atoms with Gasteiger partial charge in [0.15, 0.2) is 0 Å². The first kappa shape index (κ1) is 25.3. The summed E-state index contributed by atoms with van der Waals surface area (Å²) in [5.41, 5.74) is 0.818. The molecule has 2 amide bonds. The summed E-state index contributed by atoms with van der Waals surface area (Å²) in [5.74, 6) is -0.608. The van der Waals surface area contributed by atoms with Gasteiger partial charge < -0.3 is 15.1 Å². The predicted molar refractivity (Wildman–Crippen MR) is 134 cm³/mol. The van der Waals surface area contributed by atoms with Crippen molar-refractivity contribution in [3.05, 3.63) is 59.3 Å². The summed E-state index contributed by atoms with van der Waals surface area (Å²) in [7, 11) is 0. The number of carbonyl (C=O) groups is 2. The Labute approximate surface area is 213 Å². The zero-order valence-electron chi connectivity index (χ0n) is 20.7. The van der Waals surface area contributed by atoms with Crippen molar-refractivity contribution in [3.8, 4) is 0 Å². The molecule has 1 aromatic heterocycles. The molecule has 2 saturated heterocycles. The number of halogens is 3. The zero-order valence-corrected chi connectivity index (χ0v) is 20.7. The van der Waals surface area contributed by atoms with Crippen LogP contribution in [0.2, 0.25) is 0 Å². The first-order chi connectivity index (χ1) is 17.7. The SMILES string of the molecule is Cc1cc2cn(CC(=O)N3CCC(N4CCCC4)CC3)nc2cc1NC(=O)c1cccc(C(F)(F)F)c1. The average Bonchev–Trinajstić information content (AvgIpc) is 3.54. The average molecular weight is 514 g/mol. The molecule has 1 N–H and O–H groups in total. The number of aryl methyl sites for hydroxylation is 1. The third-order valence-electron chi connectivity index (χ3n) is 7.37. The van der Waals surface area contributed by atoms with Crippen LogP contribution in [-0.4, -0.2) is 63.6 Å². The Morgan fingerprint density at radius 3 is 2.49 bits per heavy atom. The van der Waals surface area contributed by atoms with Crippen LogP contribution in [0.25, 0.3) is 10.9 Å². The summed E-state index contributed by atoms with van der Waals surface area (Å²) in [5, 5.41) is 8.02. The summed E-state index contributed by atoms with van der Waals surface area (Å²) in [4.78, 5) is 30.0. The largest absolute Gasteiger partial charge is 0.416 e. The molecule has 3 aromatic rings. The third kappa shape index (κ3) is 5.64. The smallest absolute Gasteiger partial charge is 0.341 e. The summed E-state index contributed by atoms with van der Waals surface area (Å²) in [6, 6.07) is 8.40. The molecule has 0 bridgehead atoms. The van der Waals surface area contributed by atoms with E-state index in [9.17, 15) is 22.8 Å². The van der Waals surface area contributed by atoms with Crippen molar-refractivity contribution in [1.82, 2.24) is 19.6 Å². The number of nitrogens with one attached hydrogen (secondary N) is 1. The number of rotatable bonds is 5. The number of amides is 2. The van der Waals surface area contributed by atoms with Gasteiger partial charge in [-0.3, -0.25) is 14.3 Å². The van der Waals surface area contributed by atoms with Crippen molar-refractivity contribution < 1.29 is 22.8 Å². The monoisotopic (exact) mass is 513 g/mol. The predicted octanol–water partition coefficient (Wildman–Crippen LogP) is 4.70.